The average Bonchev–Trinajstić information content (AvgIpc) is 3.20. The fraction of sp³-hybridized carbons (Fsp3) is 0.333. The third-order valence-electron chi connectivity index (χ3n) is 4.16. The summed E-state index contributed by atoms with van der Waals surface area (Å²) in [7, 11) is 0. The van der Waals surface area contributed by atoms with Gasteiger partial charge in [0, 0.05) is 11.1 Å². The highest BCUT2D eigenvalue weighted by atomic mass is 16.5. The van der Waals surface area contributed by atoms with E-state index in [0.29, 0.717) is 24.4 Å². The molecule has 9 heteroatoms. The van der Waals surface area contributed by atoms with Gasteiger partial charge in [0.25, 0.3) is 11.8 Å². The molecular formula is C21H26N4O5. The van der Waals surface area contributed by atoms with Crippen molar-refractivity contribution in [2.45, 2.75) is 32.0 Å². The standard InChI is InChI=1S/C21H26N4O5/c1-14(26)19(21(28)25-29)24-20(27)16-6-3-15(4-7-16)5-8-17-9-10-18(30-17)13-23-12-2-11-22/h3-4,6-7,9-10,14,19,23,26,29H,2,11-13,22H2,1H3,(H,24,27)(H,25,28)/t14-,19-/m0/s1. The summed E-state index contributed by atoms with van der Waals surface area (Å²) in [4.78, 5) is 23.8. The van der Waals surface area contributed by atoms with Crippen LogP contribution in [0.5, 0.6) is 0 Å². The fourth-order valence-corrected chi connectivity index (χ4v) is 2.52. The zero-order valence-electron chi connectivity index (χ0n) is 16.6. The van der Waals surface area contributed by atoms with Crippen LogP contribution in [0.4, 0.5) is 0 Å². The highest BCUT2D eigenvalue weighted by molar-refractivity contribution is 5.97. The Labute approximate surface area is 174 Å². The maximum Gasteiger partial charge on any atom is 0.268 e. The lowest BCUT2D eigenvalue weighted by Gasteiger charge is -2.19. The van der Waals surface area contributed by atoms with Crippen molar-refractivity contribution in [3.05, 3.63) is 59.0 Å². The number of furan rings is 1. The van der Waals surface area contributed by atoms with E-state index in [1.807, 2.05) is 6.07 Å². The number of aliphatic hydroxyl groups is 1. The number of nitrogens with two attached hydrogens (primary N) is 1. The Morgan fingerprint density at radius 3 is 2.53 bits per heavy atom. The summed E-state index contributed by atoms with van der Waals surface area (Å²) in [5.74, 6) is 5.71. The highest BCUT2D eigenvalue weighted by Crippen LogP contribution is 2.08. The van der Waals surface area contributed by atoms with Crippen LogP contribution < -0.4 is 21.8 Å². The van der Waals surface area contributed by atoms with Crippen molar-refractivity contribution in [1.29, 1.82) is 0 Å². The summed E-state index contributed by atoms with van der Waals surface area (Å²) >= 11 is 0. The van der Waals surface area contributed by atoms with Crippen molar-refractivity contribution in [2.75, 3.05) is 13.1 Å². The van der Waals surface area contributed by atoms with Crippen LogP contribution in [0.25, 0.3) is 0 Å². The normalized spacial score (nSPS) is 12.4. The van der Waals surface area contributed by atoms with Gasteiger partial charge in [-0.1, -0.05) is 5.92 Å². The van der Waals surface area contributed by atoms with Crippen LogP contribution in [-0.2, 0) is 11.3 Å². The lowest BCUT2D eigenvalue weighted by atomic mass is 10.1. The lowest BCUT2D eigenvalue weighted by Crippen LogP contribution is -2.51. The van der Waals surface area contributed by atoms with E-state index in [1.165, 1.54) is 12.4 Å². The van der Waals surface area contributed by atoms with Gasteiger partial charge in [0.2, 0.25) is 0 Å². The Balaban J connectivity index is 1.96. The Morgan fingerprint density at radius 1 is 1.17 bits per heavy atom. The molecular weight excluding hydrogens is 388 g/mol. The molecule has 0 aliphatic heterocycles. The first kappa shape index (κ1) is 23.1. The van der Waals surface area contributed by atoms with Crippen molar-refractivity contribution in [2.24, 2.45) is 5.73 Å². The first-order chi connectivity index (χ1) is 14.4. The van der Waals surface area contributed by atoms with Gasteiger partial charge in [0.05, 0.1) is 12.6 Å². The number of amides is 2. The van der Waals surface area contributed by atoms with Gasteiger partial charge in [0.1, 0.15) is 11.8 Å². The number of carbonyl (C=O) groups is 2. The molecule has 0 unspecified atom stereocenters. The molecule has 0 aliphatic rings. The van der Waals surface area contributed by atoms with E-state index in [2.05, 4.69) is 22.5 Å². The number of hydrogen-bond acceptors (Lipinski definition) is 7. The van der Waals surface area contributed by atoms with Crippen LogP contribution in [0.2, 0.25) is 0 Å². The number of benzene rings is 1. The fourth-order valence-electron chi connectivity index (χ4n) is 2.52. The van der Waals surface area contributed by atoms with Gasteiger partial charge < -0.3 is 25.9 Å². The van der Waals surface area contributed by atoms with Crippen molar-refractivity contribution in [1.82, 2.24) is 16.1 Å². The third kappa shape index (κ3) is 7.02. The number of carbonyl (C=O) groups excluding carboxylic acids is 2. The van der Waals surface area contributed by atoms with Gasteiger partial charge in [-0.25, -0.2) is 5.48 Å². The summed E-state index contributed by atoms with van der Waals surface area (Å²) in [6, 6.07) is 8.77. The molecule has 2 atom stereocenters. The van der Waals surface area contributed by atoms with E-state index in [1.54, 1.807) is 30.3 Å². The van der Waals surface area contributed by atoms with Crippen molar-refractivity contribution in [3.63, 3.8) is 0 Å². The predicted octanol–water partition coefficient (Wildman–Crippen LogP) is 0.102. The largest absolute Gasteiger partial charge is 0.451 e. The summed E-state index contributed by atoms with van der Waals surface area (Å²) in [5, 5.41) is 23.9. The average molecular weight is 414 g/mol. The van der Waals surface area contributed by atoms with E-state index in [4.69, 9.17) is 15.4 Å². The first-order valence-electron chi connectivity index (χ1n) is 9.49. The molecule has 0 fully saturated rings. The second-order valence-corrected chi connectivity index (χ2v) is 6.58. The molecule has 9 nitrogen and oxygen atoms in total. The Morgan fingerprint density at radius 2 is 1.90 bits per heavy atom. The summed E-state index contributed by atoms with van der Waals surface area (Å²) < 4.78 is 5.63. The smallest absolute Gasteiger partial charge is 0.268 e. The lowest BCUT2D eigenvalue weighted by molar-refractivity contribution is -0.133. The molecule has 1 aromatic carbocycles. The monoisotopic (exact) mass is 414 g/mol. The van der Waals surface area contributed by atoms with Crippen LogP contribution in [0.3, 0.4) is 0 Å². The maximum atomic E-state index is 12.3. The topological polar surface area (TPSA) is 150 Å². The molecule has 1 aromatic heterocycles. The molecule has 0 bridgehead atoms. The van der Waals surface area contributed by atoms with E-state index in [0.717, 1.165) is 18.7 Å². The SMILES string of the molecule is C[C@H](O)[C@H](NC(=O)c1ccc(C#Cc2ccc(CNCCCN)o2)cc1)C(=O)NO. The van der Waals surface area contributed by atoms with Gasteiger partial charge in [-0.2, -0.15) is 0 Å². The van der Waals surface area contributed by atoms with E-state index in [9.17, 15) is 14.7 Å². The number of rotatable bonds is 9. The number of nitrogens with one attached hydrogen (secondary N) is 3. The molecule has 0 saturated heterocycles. The summed E-state index contributed by atoms with van der Waals surface area (Å²) in [5.41, 5.74) is 7.81. The molecule has 160 valence electrons. The minimum Gasteiger partial charge on any atom is -0.451 e. The van der Waals surface area contributed by atoms with Gasteiger partial charge >= 0.3 is 0 Å². The van der Waals surface area contributed by atoms with Gasteiger partial charge in [-0.15, -0.1) is 0 Å². The van der Waals surface area contributed by atoms with Crippen LogP contribution >= 0.6 is 0 Å². The van der Waals surface area contributed by atoms with Crippen molar-refractivity contribution < 1.29 is 24.3 Å². The molecule has 2 rings (SSSR count). The Bertz CT molecular complexity index is 896. The van der Waals surface area contributed by atoms with Crippen LogP contribution in [0.1, 0.15) is 40.8 Å². The molecule has 30 heavy (non-hydrogen) atoms. The quantitative estimate of drug-likeness (QED) is 0.147. The second-order valence-electron chi connectivity index (χ2n) is 6.58. The minimum atomic E-state index is -1.28. The summed E-state index contributed by atoms with van der Waals surface area (Å²) in [6.45, 7) is 3.39. The van der Waals surface area contributed by atoms with E-state index < -0.39 is 24.0 Å². The Kier molecular flexibility index (Phi) is 9.05. The highest BCUT2D eigenvalue weighted by Gasteiger charge is 2.25. The molecule has 0 saturated carbocycles. The van der Waals surface area contributed by atoms with E-state index >= 15 is 0 Å². The van der Waals surface area contributed by atoms with E-state index in [-0.39, 0.29) is 5.56 Å². The maximum absolute atomic E-state index is 12.3. The summed E-state index contributed by atoms with van der Waals surface area (Å²) in [6.07, 6.45) is -0.282. The second kappa shape index (κ2) is 11.7. The predicted molar refractivity (Wildman–Crippen MR) is 109 cm³/mol. The zero-order chi connectivity index (χ0) is 21.9. The number of hydrogen-bond donors (Lipinski definition) is 6. The zero-order valence-corrected chi connectivity index (χ0v) is 16.6. The molecule has 2 aromatic rings. The number of hydroxylamine groups is 1. The van der Waals surface area contributed by atoms with Crippen LogP contribution in [0.15, 0.2) is 40.8 Å². The molecule has 7 N–H and O–H groups in total. The van der Waals surface area contributed by atoms with Crippen LogP contribution in [-0.4, -0.2) is 47.4 Å². The van der Waals surface area contributed by atoms with Crippen molar-refractivity contribution >= 4 is 11.8 Å². The number of aliphatic hydroxyl groups excluding tert-OH is 1. The van der Waals surface area contributed by atoms with Crippen molar-refractivity contribution in [3.8, 4) is 11.8 Å². The van der Waals surface area contributed by atoms with Crippen LogP contribution in [0, 0.1) is 11.8 Å². The molecule has 0 radical (unpaired) electrons. The molecule has 2 amide bonds. The molecule has 1 heterocycles. The first-order valence-corrected chi connectivity index (χ1v) is 9.49. The molecule has 0 aliphatic carbocycles. The van der Waals surface area contributed by atoms with Gasteiger partial charge in [0.15, 0.2) is 5.76 Å². The third-order valence-corrected chi connectivity index (χ3v) is 4.16. The molecule has 0 spiro atoms. The minimum absolute atomic E-state index is 0.278. The Hall–Kier alpha value is -3.16. The van der Waals surface area contributed by atoms with Gasteiger partial charge in [-0.05, 0) is 68.8 Å². The van der Waals surface area contributed by atoms with Gasteiger partial charge in [-0.3, -0.25) is 14.8 Å².